The van der Waals surface area contributed by atoms with Crippen molar-refractivity contribution in [2.75, 3.05) is 13.7 Å². The fraction of sp³-hybridized carbons (Fsp3) is 0.647. The van der Waals surface area contributed by atoms with Crippen molar-refractivity contribution in [2.24, 2.45) is 5.92 Å². The van der Waals surface area contributed by atoms with Crippen LogP contribution in [0.2, 0.25) is 0 Å². The first kappa shape index (κ1) is 15.3. The van der Waals surface area contributed by atoms with E-state index in [4.69, 9.17) is 4.74 Å². The average Bonchev–Trinajstić information content (AvgIpc) is 2.36. The van der Waals surface area contributed by atoms with E-state index in [2.05, 4.69) is 37.4 Å². The fourth-order valence-electron chi connectivity index (χ4n) is 2.88. The SMILES string of the molecule is COc1cccc(C2CC(NCC(O)CC(C)C)C2)c1. The van der Waals surface area contributed by atoms with Crippen molar-refractivity contribution in [3.63, 3.8) is 0 Å². The zero-order chi connectivity index (χ0) is 14.5. The number of aliphatic hydroxyl groups is 1. The molecule has 2 rings (SSSR count). The van der Waals surface area contributed by atoms with E-state index in [0.29, 0.717) is 24.4 Å². The summed E-state index contributed by atoms with van der Waals surface area (Å²) in [6.07, 6.45) is 2.97. The summed E-state index contributed by atoms with van der Waals surface area (Å²) in [6, 6.07) is 8.90. The van der Waals surface area contributed by atoms with E-state index in [1.165, 1.54) is 5.56 Å². The smallest absolute Gasteiger partial charge is 0.119 e. The maximum atomic E-state index is 9.86. The van der Waals surface area contributed by atoms with E-state index in [9.17, 15) is 5.11 Å². The summed E-state index contributed by atoms with van der Waals surface area (Å²) in [7, 11) is 1.71. The minimum atomic E-state index is -0.217. The minimum Gasteiger partial charge on any atom is -0.497 e. The number of methoxy groups -OCH3 is 1. The maximum absolute atomic E-state index is 9.86. The van der Waals surface area contributed by atoms with E-state index in [1.807, 2.05) is 6.07 Å². The molecule has 3 nitrogen and oxygen atoms in total. The van der Waals surface area contributed by atoms with E-state index in [1.54, 1.807) is 7.11 Å². The van der Waals surface area contributed by atoms with Crippen LogP contribution in [0.4, 0.5) is 0 Å². The fourth-order valence-corrected chi connectivity index (χ4v) is 2.88. The zero-order valence-corrected chi connectivity index (χ0v) is 12.8. The number of hydrogen-bond acceptors (Lipinski definition) is 3. The molecule has 0 amide bonds. The number of nitrogens with one attached hydrogen (secondary N) is 1. The molecule has 0 heterocycles. The Morgan fingerprint density at radius 2 is 2.10 bits per heavy atom. The molecule has 3 heteroatoms. The van der Waals surface area contributed by atoms with Gasteiger partial charge in [-0.2, -0.15) is 0 Å². The van der Waals surface area contributed by atoms with Crippen LogP contribution in [0.3, 0.4) is 0 Å². The molecule has 1 aromatic rings. The molecule has 20 heavy (non-hydrogen) atoms. The van der Waals surface area contributed by atoms with Crippen molar-refractivity contribution in [1.82, 2.24) is 5.32 Å². The van der Waals surface area contributed by atoms with E-state index < -0.39 is 0 Å². The second-order valence-corrected chi connectivity index (χ2v) is 6.33. The van der Waals surface area contributed by atoms with Crippen LogP contribution in [-0.4, -0.2) is 30.9 Å². The van der Waals surface area contributed by atoms with Crippen LogP contribution in [0, 0.1) is 5.92 Å². The molecule has 0 spiro atoms. The summed E-state index contributed by atoms with van der Waals surface area (Å²) in [5.41, 5.74) is 1.37. The molecular weight excluding hydrogens is 250 g/mol. The third kappa shape index (κ3) is 4.22. The summed E-state index contributed by atoms with van der Waals surface area (Å²) >= 11 is 0. The van der Waals surface area contributed by atoms with E-state index in [-0.39, 0.29) is 6.10 Å². The molecule has 0 aliphatic heterocycles. The zero-order valence-electron chi connectivity index (χ0n) is 12.8. The first-order chi connectivity index (χ1) is 9.58. The Hall–Kier alpha value is -1.06. The molecule has 0 saturated heterocycles. The molecule has 1 aliphatic rings. The lowest BCUT2D eigenvalue weighted by Gasteiger charge is -2.37. The lowest BCUT2D eigenvalue weighted by Crippen LogP contribution is -2.43. The van der Waals surface area contributed by atoms with Crippen molar-refractivity contribution in [3.8, 4) is 5.75 Å². The molecule has 0 bridgehead atoms. The highest BCUT2D eigenvalue weighted by molar-refractivity contribution is 5.32. The first-order valence-corrected chi connectivity index (χ1v) is 7.64. The first-order valence-electron chi connectivity index (χ1n) is 7.64. The Labute approximate surface area is 122 Å². The quantitative estimate of drug-likeness (QED) is 0.805. The van der Waals surface area contributed by atoms with Gasteiger partial charge in [0.1, 0.15) is 5.75 Å². The third-order valence-corrected chi connectivity index (χ3v) is 4.09. The second kappa shape index (κ2) is 7.09. The van der Waals surface area contributed by atoms with Gasteiger partial charge in [-0.3, -0.25) is 0 Å². The molecule has 1 atom stereocenters. The Morgan fingerprint density at radius 3 is 2.75 bits per heavy atom. The van der Waals surface area contributed by atoms with Crippen molar-refractivity contribution in [2.45, 2.75) is 51.2 Å². The van der Waals surface area contributed by atoms with Crippen molar-refractivity contribution < 1.29 is 9.84 Å². The van der Waals surface area contributed by atoms with Crippen molar-refractivity contribution in [3.05, 3.63) is 29.8 Å². The number of benzene rings is 1. The van der Waals surface area contributed by atoms with Gasteiger partial charge in [0.25, 0.3) is 0 Å². The highest BCUT2D eigenvalue weighted by Gasteiger charge is 2.30. The van der Waals surface area contributed by atoms with E-state index >= 15 is 0 Å². The molecule has 1 fully saturated rings. The lowest BCUT2D eigenvalue weighted by molar-refractivity contribution is 0.133. The molecule has 1 aromatic carbocycles. The summed E-state index contributed by atoms with van der Waals surface area (Å²) in [4.78, 5) is 0. The second-order valence-electron chi connectivity index (χ2n) is 6.33. The van der Waals surface area contributed by atoms with Gasteiger partial charge < -0.3 is 15.2 Å². The van der Waals surface area contributed by atoms with Crippen molar-refractivity contribution in [1.29, 1.82) is 0 Å². The van der Waals surface area contributed by atoms with Gasteiger partial charge in [-0.25, -0.2) is 0 Å². The molecule has 2 N–H and O–H groups in total. The van der Waals surface area contributed by atoms with Gasteiger partial charge in [0, 0.05) is 12.6 Å². The van der Waals surface area contributed by atoms with Gasteiger partial charge in [0.15, 0.2) is 0 Å². The Bertz CT molecular complexity index is 413. The third-order valence-electron chi connectivity index (χ3n) is 4.09. The predicted octanol–water partition coefficient (Wildman–Crippen LogP) is 2.94. The summed E-state index contributed by atoms with van der Waals surface area (Å²) in [5.74, 6) is 2.12. The van der Waals surface area contributed by atoms with Crippen LogP contribution < -0.4 is 10.1 Å². The average molecular weight is 277 g/mol. The topological polar surface area (TPSA) is 41.5 Å². The van der Waals surface area contributed by atoms with E-state index in [0.717, 1.165) is 25.0 Å². The van der Waals surface area contributed by atoms with Crippen LogP contribution in [0.5, 0.6) is 5.75 Å². The largest absolute Gasteiger partial charge is 0.497 e. The molecule has 0 radical (unpaired) electrons. The molecule has 0 aromatic heterocycles. The normalized spacial score (nSPS) is 23.4. The number of hydrogen-bond donors (Lipinski definition) is 2. The van der Waals surface area contributed by atoms with Crippen LogP contribution in [0.15, 0.2) is 24.3 Å². The summed E-state index contributed by atoms with van der Waals surface area (Å²) in [6.45, 7) is 5.00. The highest BCUT2D eigenvalue weighted by atomic mass is 16.5. The predicted molar refractivity (Wildman–Crippen MR) is 82.2 cm³/mol. The molecule has 1 aliphatic carbocycles. The van der Waals surface area contributed by atoms with Crippen molar-refractivity contribution >= 4 is 0 Å². The Kier molecular flexibility index (Phi) is 5.44. The maximum Gasteiger partial charge on any atom is 0.119 e. The molecular formula is C17H27NO2. The molecule has 1 unspecified atom stereocenters. The van der Waals surface area contributed by atoms with Gasteiger partial charge in [0.2, 0.25) is 0 Å². The molecule has 1 saturated carbocycles. The van der Waals surface area contributed by atoms with Gasteiger partial charge in [0.05, 0.1) is 13.2 Å². The van der Waals surface area contributed by atoms with Gasteiger partial charge >= 0.3 is 0 Å². The minimum absolute atomic E-state index is 0.217. The Morgan fingerprint density at radius 1 is 1.35 bits per heavy atom. The van der Waals surface area contributed by atoms with Gasteiger partial charge in [-0.1, -0.05) is 26.0 Å². The van der Waals surface area contributed by atoms with Crippen LogP contribution in [0.25, 0.3) is 0 Å². The van der Waals surface area contributed by atoms with Crippen LogP contribution in [0.1, 0.15) is 44.6 Å². The number of aliphatic hydroxyl groups excluding tert-OH is 1. The van der Waals surface area contributed by atoms with Gasteiger partial charge in [-0.05, 0) is 48.8 Å². The summed E-state index contributed by atoms with van der Waals surface area (Å²) < 4.78 is 5.27. The lowest BCUT2D eigenvalue weighted by atomic mass is 9.76. The summed E-state index contributed by atoms with van der Waals surface area (Å²) in [5, 5.41) is 13.3. The van der Waals surface area contributed by atoms with Gasteiger partial charge in [-0.15, -0.1) is 0 Å². The highest BCUT2D eigenvalue weighted by Crippen LogP contribution is 2.37. The monoisotopic (exact) mass is 277 g/mol. The molecule has 112 valence electrons. The standard InChI is InChI=1S/C17H27NO2/c1-12(2)7-16(19)11-18-15-8-14(9-15)13-5-4-6-17(10-13)20-3/h4-6,10,12,14-16,18-19H,7-9,11H2,1-3H3. The number of ether oxygens (including phenoxy) is 1. The Balaban J connectivity index is 1.71. The number of rotatable bonds is 7. The van der Waals surface area contributed by atoms with Crippen LogP contribution >= 0.6 is 0 Å². The van der Waals surface area contributed by atoms with Crippen LogP contribution in [-0.2, 0) is 0 Å².